The molecule has 1 saturated carbocycles. The van der Waals surface area contributed by atoms with Crippen LogP contribution in [0, 0.1) is 13.8 Å². The van der Waals surface area contributed by atoms with Gasteiger partial charge >= 0.3 is 0 Å². The maximum Gasteiger partial charge on any atom is 0.229 e. The van der Waals surface area contributed by atoms with Crippen LogP contribution >= 0.6 is 0 Å². The molecule has 0 spiro atoms. The van der Waals surface area contributed by atoms with E-state index in [9.17, 15) is 4.79 Å². The van der Waals surface area contributed by atoms with Crippen LogP contribution in [0.15, 0.2) is 0 Å². The van der Waals surface area contributed by atoms with Gasteiger partial charge in [0.2, 0.25) is 5.91 Å². The lowest BCUT2D eigenvalue weighted by atomic mass is 9.90. The van der Waals surface area contributed by atoms with Crippen molar-refractivity contribution in [3.05, 3.63) is 17.0 Å². The fraction of sp³-hybridized carbons (Fsp3) is 0.765. The molecule has 1 aliphatic carbocycles. The number of H-pyrrole nitrogens is 1. The molecule has 1 saturated heterocycles. The number of hydrogen-bond acceptors (Lipinski definition) is 3. The zero-order valence-electron chi connectivity index (χ0n) is 14.0. The van der Waals surface area contributed by atoms with Gasteiger partial charge in [0.15, 0.2) is 0 Å². The number of aryl methyl sites for hydroxylation is 2. The van der Waals surface area contributed by atoms with Gasteiger partial charge in [-0.2, -0.15) is 5.10 Å². The highest BCUT2D eigenvalue weighted by Gasteiger charge is 2.30. The molecule has 2 aliphatic rings. The number of likely N-dealkylation sites (tertiary alicyclic amines) is 1. The predicted molar refractivity (Wildman–Crippen MR) is 86.9 cm³/mol. The van der Waals surface area contributed by atoms with Crippen LogP contribution < -0.4 is 5.32 Å². The van der Waals surface area contributed by atoms with E-state index in [-0.39, 0.29) is 11.8 Å². The van der Waals surface area contributed by atoms with Crippen LogP contribution in [-0.4, -0.2) is 46.2 Å². The summed E-state index contributed by atoms with van der Waals surface area (Å²) in [5, 5.41) is 10.9. The van der Waals surface area contributed by atoms with Crippen molar-refractivity contribution < 1.29 is 4.79 Å². The van der Waals surface area contributed by atoms with Crippen molar-refractivity contribution in [2.75, 3.05) is 13.1 Å². The highest BCUT2D eigenvalue weighted by molar-refractivity contribution is 5.84. The molecule has 2 fully saturated rings. The SMILES string of the molecule is Cc1n[nH]c(C)c1C(C)C(=O)N1CCC(NC2CCC2)CC1. The monoisotopic (exact) mass is 304 g/mol. The van der Waals surface area contributed by atoms with Crippen LogP contribution in [0.4, 0.5) is 0 Å². The summed E-state index contributed by atoms with van der Waals surface area (Å²) < 4.78 is 0. The Morgan fingerprint density at radius 1 is 1.23 bits per heavy atom. The van der Waals surface area contributed by atoms with Crippen molar-refractivity contribution in [1.29, 1.82) is 0 Å². The minimum Gasteiger partial charge on any atom is -0.342 e. The molecular formula is C17H28N4O. The van der Waals surface area contributed by atoms with Gasteiger partial charge in [-0.15, -0.1) is 0 Å². The Hall–Kier alpha value is -1.36. The van der Waals surface area contributed by atoms with Crippen molar-refractivity contribution in [2.24, 2.45) is 0 Å². The molecule has 5 heteroatoms. The average molecular weight is 304 g/mol. The number of carbonyl (C=O) groups is 1. The Morgan fingerprint density at radius 3 is 2.36 bits per heavy atom. The first-order valence-electron chi connectivity index (χ1n) is 8.62. The number of amides is 1. The molecule has 2 N–H and O–H groups in total. The van der Waals surface area contributed by atoms with Crippen LogP contribution in [0.25, 0.3) is 0 Å². The lowest BCUT2D eigenvalue weighted by Crippen LogP contribution is -2.50. The summed E-state index contributed by atoms with van der Waals surface area (Å²) in [5.41, 5.74) is 3.03. The Morgan fingerprint density at radius 2 is 1.86 bits per heavy atom. The van der Waals surface area contributed by atoms with Gasteiger partial charge in [-0.3, -0.25) is 9.89 Å². The zero-order chi connectivity index (χ0) is 15.7. The molecule has 5 nitrogen and oxygen atoms in total. The highest BCUT2D eigenvalue weighted by Crippen LogP contribution is 2.26. The van der Waals surface area contributed by atoms with Crippen molar-refractivity contribution >= 4 is 5.91 Å². The molecule has 2 heterocycles. The van der Waals surface area contributed by atoms with E-state index in [1.165, 1.54) is 19.3 Å². The van der Waals surface area contributed by atoms with E-state index in [1.807, 2.05) is 25.7 Å². The molecule has 122 valence electrons. The summed E-state index contributed by atoms with van der Waals surface area (Å²) in [7, 11) is 0. The summed E-state index contributed by atoms with van der Waals surface area (Å²) in [5.74, 6) is 0.143. The first-order valence-corrected chi connectivity index (χ1v) is 8.62. The topological polar surface area (TPSA) is 61.0 Å². The smallest absolute Gasteiger partial charge is 0.229 e. The fourth-order valence-corrected chi connectivity index (χ4v) is 3.77. The number of piperidine rings is 1. The van der Waals surface area contributed by atoms with E-state index in [0.717, 1.165) is 48.9 Å². The van der Waals surface area contributed by atoms with E-state index in [2.05, 4.69) is 15.5 Å². The zero-order valence-corrected chi connectivity index (χ0v) is 14.0. The summed E-state index contributed by atoms with van der Waals surface area (Å²) in [6, 6.07) is 1.34. The summed E-state index contributed by atoms with van der Waals surface area (Å²) in [6.45, 7) is 7.73. The second-order valence-electron chi connectivity index (χ2n) is 6.96. The van der Waals surface area contributed by atoms with E-state index in [1.54, 1.807) is 0 Å². The summed E-state index contributed by atoms with van der Waals surface area (Å²) >= 11 is 0. The number of carbonyl (C=O) groups excluding carboxylic acids is 1. The van der Waals surface area contributed by atoms with E-state index >= 15 is 0 Å². The number of hydrogen-bond donors (Lipinski definition) is 2. The van der Waals surface area contributed by atoms with Crippen LogP contribution in [0.3, 0.4) is 0 Å². The summed E-state index contributed by atoms with van der Waals surface area (Å²) in [4.78, 5) is 14.8. The molecular weight excluding hydrogens is 276 g/mol. The Kier molecular flexibility index (Phi) is 4.52. The number of aromatic amines is 1. The molecule has 0 radical (unpaired) electrons. The molecule has 1 atom stereocenters. The maximum atomic E-state index is 12.8. The Balaban J connectivity index is 1.55. The predicted octanol–water partition coefficient (Wildman–Crippen LogP) is 2.26. The first kappa shape index (κ1) is 15.5. The number of aromatic nitrogens is 2. The maximum absolute atomic E-state index is 12.8. The fourth-order valence-electron chi connectivity index (χ4n) is 3.77. The number of nitrogens with one attached hydrogen (secondary N) is 2. The van der Waals surface area contributed by atoms with Gasteiger partial charge in [0.1, 0.15) is 0 Å². The van der Waals surface area contributed by atoms with E-state index in [0.29, 0.717) is 6.04 Å². The Labute approximate surface area is 132 Å². The van der Waals surface area contributed by atoms with Crippen molar-refractivity contribution in [3.63, 3.8) is 0 Å². The normalized spacial score (nSPS) is 21.7. The molecule has 1 aromatic heterocycles. The molecule has 1 aromatic rings. The minimum atomic E-state index is -0.102. The van der Waals surface area contributed by atoms with Crippen LogP contribution in [0.2, 0.25) is 0 Å². The molecule has 1 amide bonds. The van der Waals surface area contributed by atoms with Gasteiger partial charge in [-0.25, -0.2) is 0 Å². The van der Waals surface area contributed by atoms with Gasteiger partial charge in [0.25, 0.3) is 0 Å². The van der Waals surface area contributed by atoms with Crippen molar-refractivity contribution in [3.8, 4) is 0 Å². The number of nitrogens with zero attached hydrogens (tertiary/aromatic N) is 2. The highest BCUT2D eigenvalue weighted by atomic mass is 16.2. The van der Waals surface area contributed by atoms with Gasteiger partial charge in [0, 0.05) is 36.4 Å². The van der Waals surface area contributed by atoms with Crippen molar-refractivity contribution in [1.82, 2.24) is 20.4 Å². The third kappa shape index (κ3) is 3.05. The number of rotatable bonds is 4. The molecule has 0 aromatic carbocycles. The van der Waals surface area contributed by atoms with E-state index in [4.69, 9.17) is 0 Å². The lowest BCUT2D eigenvalue weighted by Gasteiger charge is -2.38. The molecule has 1 aliphatic heterocycles. The molecule has 3 rings (SSSR count). The lowest BCUT2D eigenvalue weighted by molar-refractivity contribution is -0.133. The standard InChI is InChI=1S/C17H28N4O/c1-11(16-12(2)19-20-13(16)3)17(22)21-9-7-15(8-10-21)18-14-5-4-6-14/h11,14-15,18H,4-10H2,1-3H3,(H,19,20). The second kappa shape index (κ2) is 6.41. The van der Waals surface area contributed by atoms with Gasteiger partial charge in [-0.05, 0) is 46.5 Å². The van der Waals surface area contributed by atoms with E-state index < -0.39 is 0 Å². The summed E-state index contributed by atoms with van der Waals surface area (Å²) in [6.07, 6.45) is 6.19. The van der Waals surface area contributed by atoms with Gasteiger partial charge in [0.05, 0.1) is 11.6 Å². The Bertz CT molecular complexity index is 507. The largest absolute Gasteiger partial charge is 0.342 e. The quantitative estimate of drug-likeness (QED) is 0.897. The molecule has 22 heavy (non-hydrogen) atoms. The third-order valence-corrected chi connectivity index (χ3v) is 5.37. The van der Waals surface area contributed by atoms with Crippen LogP contribution in [0.5, 0.6) is 0 Å². The second-order valence-corrected chi connectivity index (χ2v) is 6.96. The molecule has 1 unspecified atom stereocenters. The first-order chi connectivity index (χ1) is 10.6. The van der Waals surface area contributed by atoms with Gasteiger partial charge < -0.3 is 10.2 Å². The minimum absolute atomic E-state index is 0.102. The van der Waals surface area contributed by atoms with Crippen LogP contribution in [0.1, 0.15) is 61.9 Å². The third-order valence-electron chi connectivity index (χ3n) is 5.37. The van der Waals surface area contributed by atoms with Gasteiger partial charge in [-0.1, -0.05) is 6.42 Å². The van der Waals surface area contributed by atoms with Crippen molar-refractivity contribution in [2.45, 2.75) is 70.9 Å². The molecule has 0 bridgehead atoms. The average Bonchev–Trinajstić information content (AvgIpc) is 2.81. The van der Waals surface area contributed by atoms with Crippen LogP contribution in [-0.2, 0) is 4.79 Å².